The third kappa shape index (κ3) is 4.74. The lowest BCUT2D eigenvalue weighted by atomic mass is 9.88. The normalized spacial score (nSPS) is 21.8. The maximum atomic E-state index is 12.0. The Morgan fingerprint density at radius 3 is 2.90 bits per heavy atom. The van der Waals surface area contributed by atoms with Gasteiger partial charge in [-0.3, -0.25) is 4.79 Å². The molecule has 1 saturated carbocycles. The third-order valence-electron chi connectivity index (χ3n) is 4.08. The average Bonchev–Trinajstić information content (AvgIpc) is 2.53. The van der Waals surface area contributed by atoms with Gasteiger partial charge in [-0.2, -0.15) is 0 Å². The Labute approximate surface area is 126 Å². The van der Waals surface area contributed by atoms with Crippen molar-refractivity contribution in [1.29, 1.82) is 0 Å². The molecule has 116 valence electrons. The molecule has 0 spiro atoms. The fourth-order valence-corrected chi connectivity index (χ4v) is 2.77. The Balaban J connectivity index is 1.71. The third-order valence-corrected chi connectivity index (χ3v) is 4.08. The number of carbonyl (C=O) groups is 1. The van der Waals surface area contributed by atoms with Crippen LogP contribution in [-0.2, 0) is 4.74 Å². The predicted octanol–water partition coefficient (Wildman–Crippen LogP) is 3.02. The number of methoxy groups -OCH3 is 1. The van der Waals surface area contributed by atoms with Gasteiger partial charge in [0.25, 0.3) is 5.91 Å². The van der Waals surface area contributed by atoms with Gasteiger partial charge in [-0.1, -0.05) is 25.8 Å². The van der Waals surface area contributed by atoms with E-state index in [1.165, 1.54) is 19.3 Å². The van der Waals surface area contributed by atoms with E-state index >= 15 is 0 Å². The molecule has 0 unspecified atom stereocenters. The lowest BCUT2D eigenvalue weighted by Crippen LogP contribution is -2.31. The van der Waals surface area contributed by atoms with Gasteiger partial charge >= 0.3 is 0 Å². The van der Waals surface area contributed by atoms with Crippen molar-refractivity contribution in [2.75, 3.05) is 20.3 Å². The number of hydrogen-bond donors (Lipinski definition) is 1. The first-order chi connectivity index (χ1) is 10.2. The van der Waals surface area contributed by atoms with Gasteiger partial charge in [-0.25, -0.2) is 0 Å². The maximum absolute atomic E-state index is 12.0. The van der Waals surface area contributed by atoms with Crippen LogP contribution in [0, 0.1) is 5.92 Å². The minimum atomic E-state index is -0.0887. The SMILES string of the molecule is COc1cccc(C(=O)NCCO[C@@H]2CCCC[C@H]2C)c1. The Morgan fingerprint density at radius 2 is 2.14 bits per heavy atom. The zero-order valence-corrected chi connectivity index (χ0v) is 12.9. The van der Waals surface area contributed by atoms with E-state index in [-0.39, 0.29) is 5.91 Å². The number of carbonyl (C=O) groups excluding carboxylic acids is 1. The summed E-state index contributed by atoms with van der Waals surface area (Å²) in [4.78, 5) is 12.0. The van der Waals surface area contributed by atoms with E-state index in [1.54, 1.807) is 19.2 Å². The van der Waals surface area contributed by atoms with Crippen LogP contribution < -0.4 is 10.1 Å². The molecule has 4 nitrogen and oxygen atoms in total. The van der Waals surface area contributed by atoms with Crippen molar-refractivity contribution < 1.29 is 14.3 Å². The number of rotatable bonds is 6. The van der Waals surface area contributed by atoms with Crippen LogP contribution in [0.5, 0.6) is 5.75 Å². The van der Waals surface area contributed by atoms with Crippen LogP contribution in [0.1, 0.15) is 43.0 Å². The topological polar surface area (TPSA) is 47.6 Å². The van der Waals surface area contributed by atoms with Crippen molar-refractivity contribution in [1.82, 2.24) is 5.32 Å². The summed E-state index contributed by atoms with van der Waals surface area (Å²) in [6.45, 7) is 3.36. The van der Waals surface area contributed by atoms with Crippen LogP contribution in [0.15, 0.2) is 24.3 Å². The largest absolute Gasteiger partial charge is 0.497 e. The quantitative estimate of drug-likeness (QED) is 0.820. The summed E-state index contributed by atoms with van der Waals surface area (Å²) in [6, 6.07) is 7.15. The number of ether oxygens (including phenoxy) is 2. The lowest BCUT2D eigenvalue weighted by Gasteiger charge is -2.28. The predicted molar refractivity (Wildman–Crippen MR) is 82.7 cm³/mol. The second kappa shape index (κ2) is 8.03. The molecule has 0 bridgehead atoms. The van der Waals surface area contributed by atoms with Crippen molar-refractivity contribution in [2.45, 2.75) is 38.7 Å². The summed E-state index contributed by atoms with van der Waals surface area (Å²) < 4.78 is 11.0. The molecule has 4 heteroatoms. The first-order valence-electron chi connectivity index (χ1n) is 7.74. The molecule has 1 N–H and O–H groups in total. The van der Waals surface area contributed by atoms with Crippen molar-refractivity contribution in [3.63, 3.8) is 0 Å². The molecule has 2 atom stereocenters. The highest BCUT2D eigenvalue weighted by Gasteiger charge is 2.21. The molecular weight excluding hydrogens is 266 g/mol. The van der Waals surface area contributed by atoms with Gasteiger partial charge < -0.3 is 14.8 Å². The van der Waals surface area contributed by atoms with Crippen molar-refractivity contribution in [2.24, 2.45) is 5.92 Å². The lowest BCUT2D eigenvalue weighted by molar-refractivity contribution is -0.00293. The summed E-state index contributed by atoms with van der Waals surface area (Å²) in [6.07, 6.45) is 5.32. The molecule has 0 saturated heterocycles. The Kier molecular flexibility index (Phi) is 6.05. The van der Waals surface area contributed by atoms with E-state index < -0.39 is 0 Å². The summed E-state index contributed by atoms with van der Waals surface area (Å²) >= 11 is 0. The Bertz CT molecular complexity index is 461. The number of hydrogen-bond acceptors (Lipinski definition) is 3. The van der Waals surface area contributed by atoms with Gasteiger partial charge in [0.2, 0.25) is 0 Å². The maximum Gasteiger partial charge on any atom is 0.251 e. The van der Waals surface area contributed by atoms with Crippen molar-refractivity contribution in [3.05, 3.63) is 29.8 Å². The molecule has 1 aromatic rings. The smallest absolute Gasteiger partial charge is 0.251 e. The molecule has 0 heterocycles. The summed E-state index contributed by atoms with van der Waals surface area (Å²) in [5, 5.41) is 2.89. The first-order valence-corrected chi connectivity index (χ1v) is 7.74. The van der Waals surface area contributed by atoms with E-state index in [0.717, 1.165) is 6.42 Å². The molecule has 1 aliphatic carbocycles. The fraction of sp³-hybridized carbons (Fsp3) is 0.588. The van der Waals surface area contributed by atoms with E-state index in [4.69, 9.17) is 9.47 Å². The monoisotopic (exact) mass is 291 g/mol. The number of nitrogens with one attached hydrogen (secondary N) is 1. The molecule has 2 rings (SSSR count). The molecule has 0 aromatic heterocycles. The summed E-state index contributed by atoms with van der Waals surface area (Å²) in [7, 11) is 1.59. The van der Waals surface area contributed by atoms with E-state index in [1.807, 2.05) is 12.1 Å². The Hall–Kier alpha value is -1.55. The molecule has 1 aliphatic rings. The molecular formula is C17H25NO3. The van der Waals surface area contributed by atoms with Crippen LogP contribution in [0.25, 0.3) is 0 Å². The number of benzene rings is 1. The number of amides is 1. The Morgan fingerprint density at radius 1 is 1.33 bits per heavy atom. The highest BCUT2D eigenvalue weighted by molar-refractivity contribution is 5.94. The molecule has 21 heavy (non-hydrogen) atoms. The second-order valence-electron chi connectivity index (χ2n) is 5.66. The molecule has 1 amide bonds. The van der Waals surface area contributed by atoms with Gasteiger partial charge in [0.1, 0.15) is 5.75 Å². The van der Waals surface area contributed by atoms with E-state index in [9.17, 15) is 4.79 Å². The van der Waals surface area contributed by atoms with Gasteiger partial charge in [0, 0.05) is 12.1 Å². The highest BCUT2D eigenvalue weighted by atomic mass is 16.5. The van der Waals surface area contributed by atoms with Crippen LogP contribution in [0.3, 0.4) is 0 Å². The summed E-state index contributed by atoms with van der Waals surface area (Å²) in [5.41, 5.74) is 0.611. The fourth-order valence-electron chi connectivity index (χ4n) is 2.77. The van der Waals surface area contributed by atoms with Gasteiger partial charge in [0.15, 0.2) is 0 Å². The van der Waals surface area contributed by atoms with Crippen LogP contribution in [0.2, 0.25) is 0 Å². The van der Waals surface area contributed by atoms with E-state index in [0.29, 0.717) is 36.5 Å². The standard InChI is InChI=1S/C17H25NO3/c1-13-6-3-4-9-16(13)21-11-10-18-17(19)14-7-5-8-15(12-14)20-2/h5,7-8,12-13,16H,3-4,6,9-11H2,1-2H3,(H,18,19)/t13-,16-/m1/s1. The van der Waals surface area contributed by atoms with Crippen molar-refractivity contribution in [3.8, 4) is 5.75 Å². The highest BCUT2D eigenvalue weighted by Crippen LogP contribution is 2.25. The molecule has 0 radical (unpaired) electrons. The van der Waals surface area contributed by atoms with Gasteiger partial charge in [-0.05, 0) is 37.0 Å². The van der Waals surface area contributed by atoms with Crippen molar-refractivity contribution >= 4 is 5.91 Å². The van der Waals surface area contributed by atoms with Crippen LogP contribution in [-0.4, -0.2) is 32.3 Å². The first kappa shape index (κ1) is 15.8. The van der Waals surface area contributed by atoms with Crippen LogP contribution >= 0.6 is 0 Å². The average molecular weight is 291 g/mol. The molecule has 0 aliphatic heterocycles. The second-order valence-corrected chi connectivity index (χ2v) is 5.66. The zero-order chi connectivity index (χ0) is 15.1. The van der Waals surface area contributed by atoms with E-state index in [2.05, 4.69) is 12.2 Å². The minimum Gasteiger partial charge on any atom is -0.497 e. The molecule has 1 fully saturated rings. The van der Waals surface area contributed by atoms with Gasteiger partial charge in [-0.15, -0.1) is 0 Å². The summed E-state index contributed by atoms with van der Waals surface area (Å²) in [5.74, 6) is 1.23. The van der Waals surface area contributed by atoms with Gasteiger partial charge in [0.05, 0.1) is 19.8 Å². The molecule has 1 aromatic carbocycles. The zero-order valence-electron chi connectivity index (χ0n) is 12.9. The van der Waals surface area contributed by atoms with Crippen LogP contribution in [0.4, 0.5) is 0 Å². The minimum absolute atomic E-state index is 0.0887.